The van der Waals surface area contributed by atoms with Crippen LogP contribution in [0.4, 0.5) is 0 Å². The van der Waals surface area contributed by atoms with Gasteiger partial charge in [0.15, 0.2) is 0 Å². The Morgan fingerprint density at radius 2 is 1.62 bits per heavy atom. The second kappa shape index (κ2) is 5.98. The summed E-state index contributed by atoms with van der Waals surface area (Å²) in [6.45, 7) is 2.28. The van der Waals surface area contributed by atoms with Crippen LogP contribution in [0.25, 0.3) is 10.8 Å². The molecule has 1 unspecified atom stereocenters. The molecular formula is C19H18O2. The lowest BCUT2D eigenvalue weighted by Gasteiger charge is -2.14. The number of hydrogen-bond acceptors (Lipinski definition) is 2. The van der Waals surface area contributed by atoms with Crippen LogP contribution in [0.2, 0.25) is 0 Å². The molecule has 3 rings (SSSR count). The second-order valence-corrected chi connectivity index (χ2v) is 5.21. The van der Waals surface area contributed by atoms with Gasteiger partial charge < -0.3 is 9.84 Å². The van der Waals surface area contributed by atoms with Crippen molar-refractivity contribution in [1.29, 1.82) is 0 Å². The van der Waals surface area contributed by atoms with E-state index in [0.29, 0.717) is 0 Å². The molecule has 0 aliphatic carbocycles. The van der Waals surface area contributed by atoms with Crippen molar-refractivity contribution in [2.24, 2.45) is 0 Å². The summed E-state index contributed by atoms with van der Waals surface area (Å²) in [6.07, 6.45) is -0.621. The zero-order valence-corrected chi connectivity index (χ0v) is 12.0. The van der Waals surface area contributed by atoms with Crippen LogP contribution < -0.4 is 4.74 Å². The summed E-state index contributed by atoms with van der Waals surface area (Å²) >= 11 is 0. The van der Waals surface area contributed by atoms with Gasteiger partial charge in [0.25, 0.3) is 0 Å². The second-order valence-electron chi connectivity index (χ2n) is 5.21. The van der Waals surface area contributed by atoms with E-state index < -0.39 is 6.10 Å². The van der Waals surface area contributed by atoms with Crippen LogP contribution >= 0.6 is 0 Å². The van der Waals surface area contributed by atoms with E-state index in [0.717, 1.165) is 22.1 Å². The van der Waals surface area contributed by atoms with E-state index >= 15 is 0 Å². The van der Waals surface area contributed by atoms with Crippen molar-refractivity contribution in [2.75, 3.05) is 6.61 Å². The van der Waals surface area contributed by atoms with Crippen LogP contribution in [0, 0.1) is 6.92 Å². The first-order valence-electron chi connectivity index (χ1n) is 7.09. The number of aryl methyl sites for hydroxylation is 1. The molecule has 0 aromatic heterocycles. The van der Waals surface area contributed by atoms with Crippen molar-refractivity contribution in [3.63, 3.8) is 0 Å². The number of ether oxygens (including phenoxy) is 1. The van der Waals surface area contributed by atoms with Gasteiger partial charge in [0.05, 0.1) is 0 Å². The highest BCUT2D eigenvalue weighted by Gasteiger charge is 2.09. The fraction of sp³-hybridized carbons (Fsp3) is 0.158. The first-order chi connectivity index (χ1) is 10.2. The van der Waals surface area contributed by atoms with Crippen LogP contribution in [0.5, 0.6) is 5.75 Å². The first kappa shape index (κ1) is 13.7. The fourth-order valence-corrected chi connectivity index (χ4v) is 2.38. The van der Waals surface area contributed by atoms with Crippen LogP contribution in [-0.4, -0.2) is 11.7 Å². The van der Waals surface area contributed by atoms with Gasteiger partial charge in [0.1, 0.15) is 18.5 Å². The maximum absolute atomic E-state index is 10.2. The third-order valence-corrected chi connectivity index (χ3v) is 3.61. The van der Waals surface area contributed by atoms with E-state index in [4.69, 9.17) is 4.74 Å². The zero-order valence-electron chi connectivity index (χ0n) is 12.0. The van der Waals surface area contributed by atoms with Crippen molar-refractivity contribution < 1.29 is 9.84 Å². The fourth-order valence-electron chi connectivity index (χ4n) is 2.38. The van der Waals surface area contributed by atoms with Crippen molar-refractivity contribution in [3.05, 3.63) is 77.9 Å². The van der Waals surface area contributed by atoms with Crippen LogP contribution in [0.1, 0.15) is 17.2 Å². The summed E-state index contributed by atoms with van der Waals surface area (Å²) in [4.78, 5) is 0. The normalized spacial score (nSPS) is 12.3. The Balaban J connectivity index is 1.76. The Bertz CT molecular complexity index is 727. The molecule has 21 heavy (non-hydrogen) atoms. The Morgan fingerprint density at radius 3 is 2.43 bits per heavy atom. The van der Waals surface area contributed by atoms with E-state index in [9.17, 15) is 5.11 Å². The molecular weight excluding hydrogens is 260 g/mol. The highest BCUT2D eigenvalue weighted by molar-refractivity contribution is 5.88. The summed E-state index contributed by atoms with van der Waals surface area (Å²) in [5.41, 5.74) is 2.06. The molecule has 0 radical (unpaired) electrons. The average molecular weight is 278 g/mol. The molecule has 0 aliphatic rings. The summed E-state index contributed by atoms with van der Waals surface area (Å²) in [5.74, 6) is 0.805. The smallest absolute Gasteiger partial charge is 0.127 e. The van der Waals surface area contributed by atoms with E-state index in [1.165, 1.54) is 5.56 Å². The number of aliphatic hydroxyl groups excluding tert-OH is 1. The van der Waals surface area contributed by atoms with Crippen molar-refractivity contribution in [1.82, 2.24) is 0 Å². The Kier molecular flexibility index (Phi) is 3.89. The maximum atomic E-state index is 10.2. The van der Waals surface area contributed by atoms with E-state index in [2.05, 4.69) is 12.1 Å². The van der Waals surface area contributed by atoms with Crippen LogP contribution in [0.3, 0.4) is 0 Å². The van der Waals surface area contributed by atoms with E-state index in [-0.39, 0.29) is 6.61 Å². The number of aliphatic hydroxyl groups is 1. The molecule has 2 heteroatoms. The van der Waals surface area contributed by atoms with Gasteiger partial charge >= 0.3 is 0 Å². The van der Waals surface area contributed by atoms with Gasteiger partial charge in [-0.3, -0.25) is 0 Å². The summed E-state index contributed by atoms with van der Waals surface area (Å²) in [7, 11) is 0. The predicted octanol–water partition coefficient (Wildman–Crippen LogP) is 4.26. The molecule has 0 saturated carbocycles. The van der Waals surface area contributed by atoms with Gasteiger partial charge in [-0.15, -0.1) is 0 Å². The first-order valence-corrected chi connectivity index (χ1v) is 7.09. The molecule has 0 saturated heterocycles. The summed E-state index contributed by atoms with van der Waals surface area (Å²) in [5, 5.41) is 12.4. The Hall–Kier alpha value is -2.32. The SMILES string of the molecule is Cc1ccc(C(O)COc2cccc3ccccc23)cc1. The largest absolute Gasteiger partial charge is 0.490 e. The van der Waals surface area contributed by atoms with Gasteiger partial charge in [-0.2, -0.15) is 0 Å². The summed E-state index contributed by atoms with van der Waals surface area (Å²) < 4.78 is 5.82. The third-order valence-electron chi connectivity index (χ3n) is 3.61. The lowest BCUT2D eigenvalue weighted by molar-refractivity contribution is 0.109. The van der Waals surface area contributed by atoms with Crippen LogP contribution in [-0.2, 0) is 0 Å². The Labute approximate surface area is 124 Å². The molecule has 2 nitrogen and oxygen atoms in total. The molecule has 0 heterocycles. The van der Waals surface area contributed by atoms with E-state index in [1.54, 1.807) is 0 Å². The minimum Gasteiger partial charge on any atom is -0.490 e. The van der Waals surface area contributed by atoms with Gasteiger partial charge in [0, 0.05) is 5.39 Å². The molecule has 0 fully saturated rings. The minimum atomic E-state index is -0.621. The van der Waals surface area contributed by atoms with Gasteiger partial charge in [-0.05, 0) is 23.9 Å². The molecule has 0 spiro atoms. The van der Waals surface area contributed by atoms with Crippen molar-refractivity contribution in [3.8, 4) is 5.75 Å². The molecule has 0 amide bonds. The highest BCUT2D eigenvalue weighted by Crippen LogP contribution is 2.26. The molecule has 1 atom stereocenters. The minimum absolute atomic E-state index is 0.247. The zero-order chi connectivity index (χ0) is 14.7. The maximum Gasteiger partial charge on any atom is 0.127 e. The number of rotatable bonds is 4. The van der Waals surface area contributed by atoms with Gasteiger partial charge in [-0.25, -0.2) is 0 Å². The lowest BCUT2D eigenvalue weighted by atomic mass is 10.1. The molecule has 0 bridgehead atoms. The molecule has 1 N–H and O–H groups in total. The topological polar surface area (TPSA) is 29.5 Å². The molecule has 106 valence electrons. The molecule has 3 aromatic rings. The van der Waals surface area contributed by atoms with Crippen LogP contribution in [0.15, 0.2) is 66.7 Å². The number of benzene rings is 3. The average Bonchev–Trinajstić information content (AvgIpc) is 2.53. The summed E-state index contributed by atoms with van der Waals surface area (Å²) in [6, 6.07) is 21.9. The Morgan fingerprint density at radius 1 is 0.905 bits per heavy atom. The standard InChI is InChI=1S/C19H18O2/c1-14-9-11-16(12-10-14)18(20)13-21-19-8-4-6-15-5-2-3-7-17(15)19/h2-12,18,20H,13H2,1H3. The molecule has 3 aromatic carbocycles. The predicted molar refractivity (Wildman–Crippen MR) is 85.6 cm³/mol. The van der Waals surface area contributed by atoms with Crippen molar-refractivity contribution >= 4 is 10.8 Å². The third kappa shape index (κ3) is 3.06. The van der Waals surface area contributed by atoms with Crippen molar-refractivity contribution in [2.45, 2.75) is 13.0 Å². The molecule has 0 aliphatic heterocycles. The monoisotopic (exact) mass is 278 g/mol. The number of hydrogen-bond donors (Lipinski definition) is 1. The van der Waals surface area contributed by atoms with E-state index in [1.807, 2.05) is 61.5 Å². The highest BCUT2D eigenvalue weighted by atomic mass is 16.5. The number of fused-ring (bicyclic) bond motifs is 1. The quantitative estimate of drug-likeness (QED) is 0.772. The van der Waals surface area contributed by atoms with Gasteiger partial charge in [-0.1, -0.05) is 66.2 Å². The lowest BCUT2D eigenvalue weighted by Crippen LogP contribution is -2.09. The van der Waals surface area contributed by atoms with Gasteiger partial charge in [0.2, 0.25) is 0 Å².